The van der Waals surface area contributed by atoms with E-state index in [1.165, 1.54) is 6.07 Å². The maximum Gasteiger partial charge on any atom is 0.416 e. The Morgan fingerprint density at radius 3 is 2.67 bits per heavy atom. The van der Waals surface area contributed by atoms with Gasteiger partial charge in [-0.3, -0.25) is 0 Å². The van der Waals surface area contributed by atoms with Crippen LogP contribution in [0, 0.1) is 0 Å². The average Bonchev–Trinajstić information content (AvgIpc) is 2.75. The summed E-state index contributed by atoms with van der Waals surface area (Å²) < 4.78 is 40.4. The smallest absolute Gasteiger partial charge is 0.324 e. The fourth-order valence-electron chi connectivity index (χ4n) is 2.39. The van der Waals surface area contributed by atoms with Crippen molar-refractivity contribution >= 4 is 34.4 Å². The van der Waals surface area contributed by atoms with Gasteiger partial charge in [0.15, 0.2) is 0 Å². The van der Waals surface area contributed by atoms with Crippen molar-refractivity contribution in [2.45, 2.75) is 25.6 Å². The van der Waals surface area contributed by atoms with Gasteiger partial charge in [0.25, 0.3) is 0 Å². The second-order valence-electron chi connectivity index (χ2n) is 4.84. The Morgan fingerprint density at radius 1 is 1.38 bits per heavy atom. The lowest BCUT2D eigenvalue weighted by molar-refractivity contribution is -0.137. The van der Waals surface area contributed by atoms with Crippen LogP contribution in [0.25, 0.3) is 11.0 Å². The summed E-state index contributed by atoms with van der Waals surface area (Å²) in [5.74, 6) is 1.99. The number of rotatable bonds is 5. The Kier molecular flexibility index (Phi) is 5.09. The van der Waals surface area contributed by atoms with E-state index in [2.05, 4.69) is 4.98 Å². The second-order valence-corrected chi connectivity index (χ2v) is 6.13. The van der Waals surface area contributed by atoms with E-state index >= 15 is 0 Å². The summed E-state index contributed by atoms with van der Waals surface area (Å²) in [7, 11) is 0. The molecule has 0 aliphatic carbocycles. The van der Waals surface area contributed by atoms with Gasteiger partial charge in [-0.05, 0) is 31.4 Å². The number of imidazole rings is 1. The molecule has 0 radical (unpaired) electrons. The molecule has 0 aliphatic rings. The highest BCUT2D eigenvalue weighted by atomic mass is 35.5. The Bertz CT molecular complexity index is 624. The third-order valence-corrected chi connectivity index (χ3v) is 4.26. The van der Waals surface area contributed by atoms with Crippen LogP contribution in [0.4, 0.5) is 13.2 Å². The van der Waals surface area contributed by atoms with E-state index in [0.717, 1.165) is 29.2 Å². The lowest BCUT2D eigenvalue weighted by atomic mass is 10.2. The summed E-state index contributed by atoms with van der Waals surface area (Å²) in [4.78, 5) is 4.35. The zero-order valence-corrected chi connectivity index (χ0v) is 13.3. The van der Waals surface area contributed by atoms with E-state index in [4.69, 9.17) is 11.6 Å². The molecule has 0 N–H and O–H groups in total. The maximum absolute atomic E-state index is 12.8. The molecule has 1 unspecified atom stereocenters. The molecule has 7 heteroatoms. The number of nitrogens with zero attached hydrogens (tertiary/aromatic N) is 2. The van der Waals surface area contributed by atoms with Crippen molar-refractivity contribution in [3.05, 3.63) is 29.6 Å². The van der Waals surface area contributed by atoms with Gasteiger partial charge in [0.05, 0.1) is 16.6 Å². The van der Waals surface area contributed by atoms with E-state index in [-0.39, 0.29) is 6.04 Å². The van der Waals surface area contributed by atoms with Gasteiger partial charge < -0.3 is 4.57 Å². The summed E-state index contributed by atoms with van der Waals surface area (Å²) in [6.07, 6.45) is -1.82. The SMILES string of the molecule is CSCC(C)n1c(CCCl)nc2cc(C(F)(F)F)ccc21. The molecule has 0 saturated carbocycles. The largest absolute Gasteiger partial charge is 0.416 e. The number of alkyl halides is 4. The Balaban J connectivity index is 2.57. The molecule has 0 fully saturated rings. The number of thioether (sulfide) groups is 1. The maximum atomic E-state index is 12.8. The van der Waals surface area contributed by atoms with Crippen LogP contribution in [0.2, 0.25) is 0 Å². The number of benzene rings is 1. The molecule has 2 aromatic rings. The predicted molar refractivity (Wildman–Crippen MR) is 82.3 cm³/mol. The number of halogens is 4. The molecule has 0 spiro atoms. The molecule has 116 valence electrons. The van der Waals surface area contributed by atoms with E-state index in [9.17, 15) is 13.2 Å². The van der Waals surface area contributed by atoms with Crippen LogP contribution in [0.1, 0.15) is 24.4 Å². The van der Waals surface area contributed by atoms with Crippen LogP contribution in [0.3, 0.4) is 0 Å². The number of fused-ring (bicyclic) bond motifs is 1. The quantitative estimate of drug-likeness (QED) is 0.733. The highest BCUT2D eigenvalue weighted by molar-refractivity contribution is 7.98. The van der Waals surface area contributed by atoms with Gasteiger partial charge in [0, 0.05) is 24.1 Å². The standard InChI is InChI=1S/C14H16ClF3N2S/c1-9(8-21-2)20-12-4-3-10(14(16,17)18)7-11(12)19-13(20)5-6-15/h3-4,7,9H,5-6,8H2,1-2H3. The van der Waals surface area contributed by atoms with Crippen LogP contribution in [-0.2, 0) is 12.6 Å². The number of aryl methyl sites for hydroxylation is 1. The fraction of sp³-hybridized carbons (Fsp3) is 0.500. The van der Waals surface area contributed by atoms with Gasteiger partial charge in [0.2, 0.25) is 0 Å². The first-order valence-electron chi connectivity index (χ1n) is 6.51. The van der Waals surface area contributed by atoms with E-state index in [1.807, 2.05) is 17.7 Å². The van der Waals surface area contributed by atoms with Crippen molar-refractivity contribution in [2.75, 3.05) is 17.9 Å². The molecule has 1 atom stereocenters. The van der Waals surface area contributed by atoms with Gasteiger partial charge >= 0.3 is 6.18 Å². The lowest BCUT2D eigenvalue weighted by Crippen LogP contribution is -2.12. The highest BCUT2D eigenvalue weighted by Crippen LogP contribution is 2.32. The summed E-state index contributed by atoms with van der Waals surface area (Å²) in [5.41, 5.74) is 0.428. The lowest BCUT2D eigenvalue weighted by Gasteiger charge is -2.16. The van der Waals surface area contributed by atoms with Crippen LogP contribution < -0.4 is 0 Å². The predicted octanol–water partition coefficient (Wildman–Crippen LogP) is 4.76. The number of hydrogen-bond donors (Lipinski definition) is 0. The second kappa shape index (κ2) is 6.48. The first-order valence-corrected chi connectivity index (χ1v) is 8.44. The molecule has 0 bridgehead atoms. The van der Waals surface area contributed by atoms with Gasteiger partial charge in [-0.25, -0.2) is 4.98 Å². The zero-order chi connectivity index (χ0) is 15.6. The summed E-state index contributed by atoms with van der Waals surface area (Å²) in [6, 6.07) is 3.87. The Labute approximate surface area is 130 Å². The van der Waals surface area contributed by atoms with Crippen LogP contribution in [0.5, 0.6) is 0 Å². The zero-order valence-electron chi connectivity index (χ0n) is 11.7. The average molecular weight is 337 g/mol. The molecule has 2 nitrogen and oxygen atoms in total. The van der Waals surface area contributed by atoms with Crippen molar-refractivity contribution in [1.82, 2.24) is 9.55 Å². The van der Waals surface area contributed by atoms with Crippen molar-refractivity contribution in [3.63, 3.8) is 0 Å². The number of hydrogen-bond acceptors (Lipinski definition) is 2. The molecular formula is C14H16ClF3N2S. The van der Waals surface area contributed by atoms with Crippen molar-refractivity contribution in [2.24, 2.45) is 0 Å². The van der Waals surface area contributed by atoms with E-state index in [0.29, 0.717) is 17.8 Å². The number of aromatic nitrogens is 2. The van der Waals surface area contributed by atoms with Gasteiger partial charge in [0.1, 0.15) is 5.82 Å². The van der Waals surface area contributed by atoms with Crippen molar-refractivity contribution in [1.29, 1.82) is 0 Å². The third kappa shape index (κ3) is 3.48. The first-order chi connectivity index (χ1) is 9.88. The Morgan fingerprint density at radius 2 is 2.10 bits per heavy atom. The monoisotopic (exact) mass is 336 g/mol. The molecule has 21 heavy (non-hydrogen) atoms. The molecule has 1 heterocycles. The van der Waals surface area contributed by atoms with Crippen molar-refractivity contribution in [3.8, 4) is 0 Å². The van der Waals surface area contributed by atoms with E-state index < -0.39 is 11.7 Å². The topological polar surface area (TPSA) is 17.8 Å². The van der Waals surface area contributed by atoms with Crippen LogP contribution in [-0.4, -0.2) is 27.4 Å². The van der Waals surface area contributed by atoms with Gasteiger partial charge in [-0.1, -0.05) is 0 Å². The molecule has 2 rings (SSSR count). The van der Waals surface area contributed by atoms with Crippen LogP contribution >= 0.6 is 23.4 Å². The first kappa shape index (κ1) is 16.5. The molecule has 1 aromatic carbocycles. The summed E-state index contributed by atoms with van der Waals surface area (Å²) >= 11 is 7.47. The molecule has 0 amide bonds. The molecule has 1 aromatic heterocycles. The third-order valence-electron chi connectivity index (χ3n) is 3.26. The van der Waals surface area contributed by atoms with Crippen LogP contribution in [0.15, 0.2) is 18.2 Å². The minimum absolute atomic E-state index is 0.153. The Hall–Kier alpha value is -0.880. The van der Waals surface area contributed by atoms with E-state index in [1.54, 1.807) is 11.8 Å². The summed E-state index contributed by atoms with van der Waals surface area (Å²) in [6.45, 7) is 2.03. The van der Waals surface area contributed by atoms with Gasteiger partial charge in [-0.15, -0.1) is 11.6 Å². The molecular weight excluding hydrogens is 321 g/mol. The molecule has 0 aliphatic heterocycles. The minimum atomic E-state index is -4.35. The fourth-order valence-corrected chi connectivity index (χ4v) is 3.19. The van der Waals surface area contributed by atoms with Crippen molar-refractivity contribution < 1.29 is 13.2 Å². The van der Waals surface area contributed by atoms with Gasteiger partial charge in [-0.2, -0.15) is 24.9 Å². The highest BCUT2D eigenvalue weighted by Gasteiger charge is 2.31. The minimum Gasteiger partial charge on any atom is -0.324 e. The normalized spacial score (nSPS) is 13.8. The molecule has 0 saturated heterocycles. The summed E-state index contributed by atoms with van der Waals surface area (Å²) in [5, 5.41) is 0.